The number of rotatable bonds is 4. The molecular weight excluding hydrogens is 136 g/mol. The molecule has 0 saturated heterocycles. The van der Waals surface area contributed by atoms with Gasteiger partial charge in [0.15, 0.2) is 0 Å². The maximum Gasteiger partial charge on any atom is 0.0524 e. The molecular formula is C9H14N2. The van der Waals surface area contributed by atoms with Crippen LogP contribution in [-0.4, -0.2) is 9.78 Å². The molecule has 1 aromatic heterocycles. The van der Waals surface area contributed by atoms with Crippen LogP contribution < -0.4 is 0 Å². The van der Waals surface area contributed by atoms with Gasteiger partial charge in [-0.3, -0.25) is 4.68 Å². The van der Waals surface area contributed by atoms with Crippen LogP contribution in [0.1, 0.15) is 18.9 Å². The molecule has 1 rings (SSSR count). The molecule has 60 valence electrons. The number of aromatic nitrogens is 2. The van der Waals surface area contributed by atoms with Crippen molar-refractivity contribution in [2.24, 2.45) is 0 Å². The molecule has 2 nitrogen and oxygen atoms in total. The third kappa shape index (κ3) is 2.22. The van der Waals surface area contributed by atoms with Crippen LogP contribution in [-0.2, 0) is 13.0 Å². The Morgan fingerprint density at radius 2 is 2.55 bits per heavy atom. The quantitative estimate of drug-likeness (QED) is 0.600. The largest absolute Gasteiger partial charge is 0.272 e. The van der Waals surface area contributed by atoms with Gasteiger partial charge in [-0.25, -0.2) is 0 Å². The molecule has 2 heteroatoms. The first kappa shape index (κ1) is 8.05. The average molecular weight is 150 g/mol. The van der Waals surface area contributed by atoms with Gasteiger partial charge < -0.3 is 0 Å². The van der Waals surface area contributed by atoms with Gasteiger partial charge in [0.1, 0.15) is 0 Å². The van der Waals surface area contributed by atoms with Crippen LogP contribution in [0.4, 0.5) is 0 Å². The van der Waals surface area contributed by atoms with Gasteiger partial charge in [-0.1, -0.05) is 13.0 Å². The van der Waals surface area contributed by atoms with Crippen molar-refractivity contribution in [1.82, 2.24) is 9.78 Å². The minimum Gasteiger partial charge on any atom is -0.272 e. The number of nitrogens with zero attached hydrogens (tertiary/aromatic N) is 2. The van der Waals surface area contributed by atoms with E-state index in [1.807, 2.05) is 17.0 Å². The molecule has 0 aliphatic rings. The third-order valence-corrected chi connectivity index (χ3v) is 1.52. The summed E-state index contributed by atoms with van der Waals surface area (Å²) >= 11 is 0. The number of hydrogen-bond donors (Lipinski definition) is 0. The van der Waals surface area contributed by atoms with Crippen molar-refractivity contribution >= 4 is 0 Å². The van der Waals surface area contributed by atoms with Gasteiger partial charge in [-0.15, -0.1) is 6.58 Å². The predicted molar refractivity (Wildman–Crippen MR) is 46.4 cm³/mol. The lowest BCUT2D eigenvalue weighted by Crippen LogP contribution is -1.95. The summed E-state index contributed by atoms with van der Waals surface area (Å²) in [5.41, 5.74) is 1.24. The lowest BCUT2D eigenvalue weighted by Gasteiger charge is -1.94. The van der Waals surface area contributed by atoms with Crippen molar-refractivity contribution in [3.05, 3.63) is 30.6 Å². The smallest absolute Gasteiger partial charge is 0.0524 e. The molecule has 11 heavy (non-hydrogen) atoms. The Morgan fingerprint density at radius 1 is 1.73 bits per heavy atom. The summed E-state index contributed by atoms with van der Waals surface area (Å²) < 4.78 is 1.97. The molecule has 0 spiro atoms. The summed E-state index contributed by atoms with van der Waals surface area (Å²) in [5, 5.41) is 4.19. The normalized spacial score (nSPS) is 9.91. The van der Waals surface area contributed by atoms with Crippen molar-refractivity contribution in [2.45, 2.75) is 26.3 Å². The highest BCUT2D eigenvalue weighted by molar-refractivity contribution is 5.07. The van der Waals surface area contributed by atoms with Gasteiger partial charge in [0.05, 0.1) is 6.20 Å². The first-order chi connectivity index (χ1) is 5.36. The van der Waals surface area contributed by atoms with E-state index in [-0.39, 0.29) is 0 Å². The SMILES string of the molecule is C=CCc1cnn(CCC)c1. The Hall–Kier alpha value is -1.05. The van der Waals surface area contributed by atoms with E-state index in [1.54, 1.807) is 0 Å². The Kier molecular flexibility index (Phi) is 2.90. The van der Waals surface area contributed by atoms with E-state index < -0.39 is 0 Å². The fraction of sp³-hybridized carbons (Fsp3) is 0.444. The second kappa shape index (κ2) is 3.96. The first-order valence-electron chi connectivity index (χ1n) is 3.99. The highest BCUT2D eigenvalue weighted by Crippen LogP contribution is 1.99. The van der Waals surface area contributed by atoms with Crippen molar-refractivity contribution in [3.8, 4) is 0 Å². The number of allylic oxidation sites excluding steroid dienone is 1. The summed E-state index contributed by atoms with van der Waals surface area (Å²) in [7, 11) is 0. The topological polar surface area (TPSA) is 17.8 Å². The Balaban J connectivity index is 2.57. The lowest BCUT2D eigenvalue weighted by atomic mass is 10.3. The van der Waals surface area contributed by atoms with E-state index in [0.717, 1.165) is 19.4 Å². The number of hydrogen-bond acceptors (Lipinski definition) is 1. The maximum absolute atomic E-state index is 4.19. The molecule has 0 N–H and O–H groups in total. The molecule has 0 atom stereocenters. The Labute approximate surface area is 67.5 Å². The van der Waals surface area contributed by atoms with Gasteiger partial charge in [-0.05, 0) is 18.4 Å². The van der Waals surface area contributed by atoms with Gasteiger partial charge in [0, 0.05) is 12.7 Å². The Bertz CT molecular complexity index is 225. The van der Waals surface area contributed by atoms with Crippen LogP contribution >= 0.6 is 0 Å². The molecule has 1 aromatic rings. The zero-order chi connectivity index (χ0) is 8.10. The summed E-state index contributed by atoms with van der Waals surface area (Å²) in [6.45, 7) is 6.83. The molecule has 0 amide bonds. The van der Waals surface area contributed by atoms with Crippen molar-refractivity contribution in [3.63, 3.8) is 0 Å². The van der Waals surface area contributed by atoms with Crippen LogP contribution in [0, 0.1) is 0 Å². The van der Waals surface area contributed by atoms with Gasteiger partial charge in [-0.2, -0.15) is 5.10 Å². The third-order valence-electron chi connectivity index (χ3n) is 1.52. The highest BCUT2D eigenvalue weighted by Gasteiger charge is 1.93. The monoisotopic (exact) mass is 150 g/mol. The van der Waals surface area contributed by atoms with Gasteiger partial charge in [0.25, 0.3) is 0 Å². The van der Waals surface area contributed by atoms with Gasteiger partial charge in [0.2, 0.25) is 0 Å². The minimum atomic E-state index is 0.920. The van der Waals surface area contributed by atoms with Crippen LogP contribution in [0.5, 0.6) is 0 Å². The van der Waals surface area contributed by atoms with Crippen LogP contribution in [0.25, 0.3) is 0 Å². The van der Waals surface area contributed by atoms with E-state index in [1.165, 1.54) is 5.56 Å². The zero-order valence-corrected chi connectivity index (χ0v) is 6.95. The zero-order valence-electron chi connectivity index (χ0n) is 6.95. The average Bonchev–Trinajstić information content (AvgIpc) is 2.38. The standard InChI is InChI=1S/C9H14N2/c1-3-5-9-7-10-11(8-9)6-4-2/h3,7-8H,1,4-6H2,2H3. The highest BCUT2D eigenvalue weighted by atomic mass is 15.3. The minimum absolute atomic E-state index is 0.920. The lowest BCUT2D eigenvalue weighted by molar-refractivity contribution is 0.602. The molecule has 0 bridgehead atoms. The van der Waals surface area contributed by atoms with Gasteiger partial charge >= 0.3 is 0 Å². The van der Waals surface area contributed by atoms with E-state index in [4.69, 9.17) is 0 Å². The molecule has 0 aliphatic carbocycles. The van der Waals surface area contributed by atoms with Crippen molar-refractivity contribution in [1.29, 1.82) is 0 Å². The van der Waals surface area contributed by atoms with Crippen LogP contribution in [0.3, 0.4) is 0 Å². The first-order valence-corrected chi connectivity index (χ1v) is 3.99. The van der Waals surface area contributed by atoms with E-state index in [9.17, 15) is 0 Å². The summed E-state index contributed by atoms with van der Waals surface area (Å²) in [6, 6.07) is 0. The maximum atomic E-state index is 4.19. The fourth-order valence-corrected chi connectivity index (χ4v) is 1.03. The van der Waals surface area contributed by atoms with Crippen LogP contribution in [0.15, 0.2) is 25.0 Å². The molecule has 1 heterocycles. The van der Waals surface area contributed by atoms with E-state index in [2.05, 4.69) is 24.8 Å². The summed E-state index contributed by atoms with van der Waals surface area (Å²) in [5.74, 6) is 0. The Morgan fingerprint density at radius 3 is 3.18 bits per heavy atom. The molecule has 0 saturated carbocycles. The summed E-state index contributed by atoms with van der Waals surface area (Å²) in [4.78, 5) is 0. The molecule has 0 radical (unpaired) electrons. The second-order valence-corrected chi connectivity index (χ2v) is 2.60. The van der Waals surface area contributed by atoms with E-state index in [0.29, 0.717) is 0 Å². The molecule has 0 fully saturated rings. The van der Waals surface area contributed by atoms with Crippen molar-refractivity contribution in [2.75, 3.05) is 0 Å². The van der Waals surface area contributed by atoms with Crippen molar-refractivity contribution < 1.29 is 0 Å². The summed E-state index contributed by atoms with van der Waals surface area (Å²) in [6.07, 6.45) is 7.93. The van der Waals surface area contributed by atoms with Crippen LogP contribution in [0.2, 0.25) is 0 Å². The van der Waals surface area contributed by atoms with E-state index >= 15 is 0 Å². The molecule has 0 aliphatic heterocycles. The second-order valence-electron chi connectivity index (χ2n) is 2.60. The molecule has 0 unspecified atom stereocenters. The predicted octanol–water partition coefficient (Wildman–Crippen LogP) is 2.02. The fourth-order valence-electron chi connectivity index (χ4n) is 1.03. The number of aryl methyl sites for hydroxylation is 1. The molecule has 0 aromatic carbocycles.